The van der Waals surface area contributed by atoms with Crippen LogP contribution >= 0.6 is 0 Å². The van der Waals surface area contributed by atoms with E-state index in [9.17, 15) is 13.2 Å². The van der Waals surface area contributed by atoms with E-state index in [-0.39, 0.29) is 17.9 Å². The highest BCUT2D eigenvalue weighted by atomic mass is 19.3. The molecule has 0 aliphatic heterocycles. The molecule has 1 N–H and O–H groups in total. The molecule has 0 unspecified atom stereocenters. The van der Waals surface area contributed by atoms with E-state index >= 15 is 0 Å². The van der Waals surface area contributed by atoms with Gasteiger partial charge in [-0.3, -0.25) is 9.67 Å². The predicted molar refractivity (Wildman–Crippen MR) is 85.7 cm³/mol. The Labute approximate surface area is 143 Å². The van der Waals surface area contributed by atoms with Gasteiger partial charge in [-0.25, -0.2) is 9.37 Å². The number of aliphatic imine (C=N–C) groups is 1. The first-order valence-corrected chi connectivity index (χ1v) is 7.39. The van der Waals surface area contributed by atoms with Crippen molar-refractivity contribution in [3.05, 3.63) is 41.7 Å². The molecule has 25 heavy (non-hydrogen) atoms. The van der Waals surface area contributed by atoms with Gasteiger partial charge in [0.15, 0.2) is 5.96 Å². The molecule has 0 saturated carbocycles. The second kappa shape index (κ2) is 8.36. The Hall–Kier alpha value is -2.78. The van der Waals surface area contributed by atoms with E-state index in [1.54, 1.807) is 30.7 Å². The average Bonchev–Trinajstić information content (AvgIpc) is 2.94. The minimum Gasteiger partial charge on any atom is -0.434 e. The smallest absolute Gasteiger partial charge is 0.387 e. The van der Waals surface area contributed by atoms with Gasteiger partial charge in [0.05, 0.1) is 6.54 Å². The van der Waals surface area contributed by atoms with Crippen LogP contribution in [-0.2, 0) is 20.1 Å². The molecule has 0 radical (unpaired) electrons. The van der Waals surface area contributed by atoms with Crippen LogP contribution in [0.25, 0.3) is 0 Å². The quantitative estimate of drug-likeness (QED) is 0.631. The molecule has 0 spiro atoms. The number of nitrogens with one attached hydrogen (secondary N) is 1. The van der Waals surface area contributed by atoms with Crippen molar-refractivity contribution in [2.45, 2.75) is 19.7 Å². The molecule has 0 bridgehead atoms. The monoisotopic (exact) mass is 356 g/mol. The largest absolute Gasteiger partial charge is 0.434 e. The third-order valence-electron chi connectivity index (χ3n) is 3.47. The van der Waals surface area contributed by atoms with Gasteiger partial charge in [-0.15, -0.1) is 0 Å². The van der Waals surface area contributed by atoms with Crippen LogP contribution in [0.5, 0.6) is 5.75 Å². The van der Waals surface area contributed by atoms with Gasteiger partial charge < -0.3 is 15.0 Å². The van der Waals surface area contributed by atoms with E-state index in [2.05, 4.69) is 25.1 Å². The number of ether oxygens (including phenoxy) is 1. The minimum atomic E-state index is -3.03. The maximum atomic E-state index is 14.0. The summed E-state index contributed by atoms with van der Waals surface area (Å²) in [6.07, 6.45) is 1.44. The minimum absolute atomic E-state index is 0.00370. The number of halogens is 3. The molecule has 10 heteroatoms. The number of rotatable bonds is 6. The van der Waals surface area contributed by atoms with Crippen LogP contribution in [0.1, 0.15) is 11.4 Å². The Morgan fingerprint density at radius 3 is 2.80 bits per heavy atom. The molecule has 1 heterocycles. The lowest BCUT2D eigenvalue weighted by Gasteiger charge is -2.22. The SMILES string of the molecule is CN=C(NCc1c(F)cccc1OC(F)F)N(C)Cc1ncnn1C. The third kappa shape index (κ3) is 4.85. The Morgan fingerprint density at radius 1 is 1.44 bits per heavy atom. The lowest BCUT2D eigenvalue weighted by atomic mass is 10.2. The van der Waals surface area contributed by atoms with Gasteiger partial charge in [0.2, 0.25) is 0 Å². The lowest BCUT2D eigenvalue weighted by molar-refractivity contribution is -0.0506. The summed E-state index contributed by atoms with van der Waals surface area (Å²) in [5.41, 5.74) is -0.00370. The summed E-state index contributed by atoms with van der Waals surface area (Å²) in [5.74, 6) is 0.290. The maximum absolute atomic E-state index is 14.0. The molecule has 2 aromatic rings. The standard InChI is InChI=1S/C15H19F3N6O/c1-19-15(23(2)8-13-21-9-22-24(13)3)20-7-10-11(16)5-4-6-12(10)25-14(17)18/h4-6,9,14H,7-8H2,1-3H3,(H,19,20). The average molecular weight is 356 g/mol. The maximum Gasteiger partial charge on any atom is 0.387 e. The van der Waals surface area contributed by atoms with Crippen molar-refractivity contribution >= 4 is 5.96 Å². The first-order valence-electron chi connectivity index (χ1n) is 7.39. The van der Waals surface area contributed by atoms with Crippen LogP contribution in [0.2, 0.25) is 0 Å². The molecule has 1 aromatic carbocycles. The zero-order chi connectivity index (χ0) is 18.4. The number of guanidine groups is 1. The van der Waals surface area contributed by atoms with E-state index in [4.69, 9.17) is 0 Å². The molecule has 0 aliphatic carbocycles. The van der Waals surface area contributed by atoms with Crippen molar-refractivity contribution in [3.8, 4) is 5.75 Å². The number of hydrogen-bond donors (Lipinski definition) is 1. The number of hydrogen-bond acceptors (Lipinski definition) is 4. The van der Waals surface area contributed by atoms with Crippen LogP contribution < -0.4 is 10.1 Å². The van der Waals surface area contributed by atoms with Crippen molar-refractivity contribution < 1.29 is 17.9 Å². The Balaban J connectivity index is 2.07. The van der Waals surface area contributed by atoms with Crippen LogP contribution in [0.15, 0.2) is 29.5 Å². The summed E-state index contributed by atoms with van der Waals surface area (Å²) >= 11 is 0. The van der Waals surface area contributed by atoms with Gasteiger partial charge in [0.25, 0.3) is 0 Å². The van der Waals surface area contributed by atoms with E-state index < -0.39 is 12.4 Å². The van der Waals surface area contributed by atoms with Crippen molar-refractivity contribution in [2.24, 2.45) is 12.0 Å². The molecule has 2 rings (SSSR count). The molecule has 0 saturated heterocycles. The highest BCUT2D eigenvalue weighted by Crippen LogP contribution is 2.23. The second-order valence-electron chi connectivity index (χ2n) is 5.15. The summed E-state index contributed by atoms with van der Waals surface area (Å²) in [4.78, 5) is 9.96. The number of benzene rings is 1. The van der Waals surface area contributed by atoms with Gasteiger partial charge in [-0.2, -0.15) is 13.9 Å². The third-order valence-corrected chi connectivity index (χ3v) is 3.47. The Kier molecular flexibility index (Phi) is 6.20. The molecule has 0 fully saturated rings. The van der Waals surface area contributed by atoms with Crippen LogP contribution in [-0.4, -0.2) is 46.3 Å². The molecule has 7 nitrogen and oxygen atoms in total. The topological polar surface area (TPSA) is 67.6 Å². The summed E-state index contributed by atoms with van der Waals surface area (Å²) in [6.45, 7) is -2.68. The van der Waals surface area contributed by atoms with Gasteiger partial charge in [0, 0.05) is 33.3 Å². The summed E-state index contributed by atoms with van der Waals surface area (Å²) in [7, 11) is 5.09. The molecule has 0 amide bonds. The fourth-order valence-electron chi connectivity index (χ4n) is 2.22. The molecule has 0 aliphatic rings. The van der Waals surface area contributed by atoms with Gasteiger partial charge in [-0.05, 0) is 12.1 Å². The highest BCUT2D eigenvalue weighted by Gasteiger charge is 2.16. The summed E-state index contributed by atoms with van der Waals surface area (Å²) < 4.78 is 44.9. The number of aromatic nitrogens is 3. The van der Waals surface area contributed by atoms with Crippen molar-refractivity contribution in [1.82, 2.24) is 25.0 Å². The fraction of sp³-hybridized carbons (Fsp3) is 0.400. The lowest BCUT2D eigenvalue weighted by Crippen LogP contribution is -2.38. The van der Waals surface area contributed by atoms with E-state index in [0.717, 1.165) is 0 Å². The zero-order valence-corrected chi connectivity index (χ0v) is 14.1. The number of alkyl halides is 2. The van der Waals surface area contributed by atoms with Crippen LogP contribution in [0.3, 0.4) is 0 Å². The Morgan fingerprint density at radius 2 is 2.20 bits per heavy atom. The van der Waals surface area contributed by atoms with Crippen molar-refractivity contribution in [3.63, 3.8) is 0 Å². The van der Waals surface area contributed by atoms with E-state index in [1.165, 1.54) is 24.5 Å². The zero-order valence-electron chi connectivity index (χ0n) is 14.1. The van der Waals surface area contributed by atoms with Gasteiger partial charge >= 0.3 is 6.61 Å². The van der Waals surface area contributed by atoms with Crippen LogP contribution in [0.4, 0.5) is 13.2 Å². The van der Waals surface area contributed by atoms with Gasteiger partial charge in [-0.1, -0.05) is 6.07 Å². The van der Waals surface area contributed by atoms with Crippen LogP contribution in [0, 0.1) is 5.82 Å². The first-order chi connectivity index (χ1) is 11.9. The van der Waals surface area contributed by atoms with Crippen molar-refractivity contribution in [1.29, 1.82) is 0 Å². The molecule has 136 valence electrons. The second-order valence-corrected chi connectivity index (χ2v) is 5.15. The van der Waals surface area contributed by atoms with Crippen molar-refractivity contribution in [2.75, 3.05) is 14.1 Å². The molecule has 0 atom stereocenters. The normalized spacial score (nSPS) is 11.7. The fourth-order valence-corrected chi connectivity index (χ4v) is 2.22. The number of nitrogens with zero attached hydrogens (tertiary/aromatic N) is 5. The first kappa shape index (κ1) is 18.6. The van der Waals surface area contributed by atoms with E-state index in [1.807, 2.05) is 0 Å². The summed E-state index contributed by atoms with van der Waals surface area (Å²) in [6, 6.07) is 3.78. The van der Waals surface area contributed by atoms with E-state index in [0.29, 0.717) is 18.3 Å². The molecular formula is C15H19F3N6O. The Bertz CT molecular complexity index is 734. The highest BCUT2D eigenvalue weighted by molar-refractivity contribution is 5.79. The van der Waals surface area contributed by atoms with Gasteiger partial charge in [0.1, 0.15) is 23.7 Å². The molecular weight excluding hydrogens is 337 g/mol. The predicted octanol–water partition coefficient (Wildman–Crippen LogP) is 1.76. The number of aryl methyl sites for hydroxylation is 1. The molecule has 1 aromatic heterocycles. The summed E-state index contributed by atoms with van der Waals surface area (Å²) in [5, 5.41) is 6.91.